The number of nitrogen functional groups attached to an aromatic ring is 1. The Kier molecular flexibility index (Phi) is 3.33. The predicted octanol–water partition coefficient (Wildman–Crippen LogP) is 0.555. The van der Waals surface area contributed by atoms with E-state index in [1.54, 1.807) is 14.0 Å². The van der Waals surface area contributed by atoms with Gasteiger partial charge in [0.05, 0.1) is 0 Å². The summed E-state index contributed by atoms with van der Waals surface area (Å²) in [5.41, 5.74) is 6.06. The minimum Gasteiger partial charge on any atom is -0.381 e. The molecule has 0 amide bonds. The molecule has 0 aromatic carbocycles. The van der Waals surface area contributed by atoms with Crippen LogP contribution < -0.4 is 10.5 Å². The van der Waals surface area contributed by atoms with Crippen molar-refractivity contribution in [1.82, 2.24) is 19.7 Å². The molecule has 0 fully saturated rings. The van der Waals surface area contributed by atoms with Crippen LogP contribution >= 0.6 is 11.6 Å². The number of nitrogens with two attached hydrogens (primary N) is 1. The Labute approximate surface area is 114 Å². The summed E-state index contributed by atoms with van der Waals surface area (Å²) in [4.78, 5) is 7.56. The highest BCUT2D eigenvalue weighted by atomic mass is 35.5. The van der Waals surface area contributed by atoms with Crippen molar-refractivity contribution in [3.63, 3.8) is 0 Å². The summed E-state index contributed by atoms with van der Waals surface area (Å²) in [6.45, 7) is 1.67. The van der Waals surface area contributed by atoms with Crippen LogP contribution in [-0.2, 0) is 17.1 Å². The second kappa shape index (κ2) is 4.67. The fourth-order valence-corrected chi connectivity index (χ4v) is 2.73. The van der Waals surface area contributed by atoms with Gasteiger partial charge < -0.3 is 5.73 Å². The van der Waals surface area contributed by atoms with Crippen LogP contribution in [0.15, 0.2) is 17.2 Å². The average Bonchev–Trinajstić information content (AvgIpc) is 2.56. The van der Waals surface area contributed by atoms with Crippen molar-refractivity contribution in [2.24, 2.45) is 7.05 Å². The standard InChI is InChI=1S/C9H11ClN6O2S/c1-5-3-7(10)13-9(12-5)15-19(17,18)6-4-16(2)14-8(6)11/h3-4H,1-2H3,(H2,11,14)(H,12,13,15). The van der Waals surface area contributed by atoms with Crippen LogP contribution in [-0.4, -0.2) is 28.2 Å². The number of sulfonamides is 1. The summed E-state index contributed by atoms with van der Waals surface area (Å²) in [6, 6.07) is 1.51. The molecule has 2 aromatic rings. The highest BCUT2D eigenvalue weighted by molar-refractivity contribution is 7.92. The Morgan fingerprint density at radius 2 is 2.11 bits per heavy atom. The van der Waals surface area contributed by atoms with Gasteiger partial charge in [0.2, 0.25) is 5.95 Å². The molecule has 8 nitrogen and oxygen atoms in total. The first kappa shape index (κ1) is 13.6. The lowest BCUT2D eigenvalue weighted by Gasteiger charge is -2.06. The van der Waals surface area contributed by atoms with E-state index in [1.165, 1.54) is 16.9 Å². The summed E-state index contributed by atoms with van der Waals surface area (Å²) < 4.78 is 27.7. The Bertz CT molecular complexity index is 706. The molecular weight excluding hydrogens is 292 g/mol. The topological polar surface area (TPSA) is 116 Å². The molecule has 0 saturated heterocycles. The Morgan fingerprint density at radius 1 is 1.42 bits per heavy atom. The van der Waals surface area contributed by atoms with Crippen molar-refractivity contribution < 1.29 is 8.42 Å². The number of anilines is 2. The van der Waals surface area contributed by atoms with Crippen molar-refractivity contribution >= 4 is 33.4 Å². The molecule has 19 heavy (non-hydrogen) atoms. The van der Waals surface area contributed by atoms with E-state index in [9.17, 15) is 8.42 Å². The van der Waals surface area contributed by atoms with E-state index in [1.807, 2.05) is 0 Å². The van der Waals surface area contributed by atoms with Gasteiger partial charge in [0.1, 0.15) is 10.0 Å². The number of hydrogen-bond acceptors (Lipinski definition) is 6. The summed E-state index contributed by atoms with van der Waals surface area (Å²) in [5.74, 6) is -0.220. The molecule has 0 unspecified atom stereocenters. The number of nitrogens with zero attached hydrogens (tertiary/aromatic N) is 4. The van der Waals surface area contributed by atoms with Crippen LogP contribution in [0.3, 0.4) is 0 Å². The molecule has 2 aromatic heterocycles. The second-order valence-corrected chi connectivity index (χ2v) is 5.85. The van der Waals surface area contributed by atoms with E-state index in [0.29, 0.717) is 5.69 Å². The van der Waals surface area contributed by atoms with Crippen molar-refractivity contribution in [1.29, 1.82) is 0 Å². The summed E-state index contributed by atoms with van der Waals surface area (Å²) >= 11 is 5.73. The zero-order valence-corrected chi connectivity index (χ0v) is 11.7. The van der Waals surface area contributed by atoms with E-state index < -0.39 is 10.0 Å². The monoisotopic (exact) mass is 302 g/mol. The van der Waals surface area contributed by atoms with Gasteiger partial charge in [-0.05, 0) is 13.0 Å². The van der Waals surface area contributed by atoms with E-state index >= 15 is 0 Å². The Hall–Kier alpha value is -1.87. The van der Waals surface area contributed by atoms with Crippen molar-refractivity contribution in [3.05, 3.63) is 23.1 Å². The zero-order chi connectivity index (χ0) is 14.2. The molecule has 3 N–H and O–H groups in total. The number of hydrogen-bond donors (Lipinski definition) is 2. The molecule has 0 spiro atoms. The lowest BCUT2D eigenvalue weighted by Crippen LogP contribution is -2.16. The summed E-state index contributed by atoms with van der Waals surface area (Å²) in [7, 11) is -2.33. The Morgan fingerprint density at radius 3 is 2.63 bits per heavy atom. The maximum absolute atomic E-state index is 12.1. The third-order valence-corrected chi connectivity index (χ3v) is 3.70. The van der Waals surface area contributed by atoms with Crippen LogP contribution in [0.4, 0.5) is 11.8 Å². The summed E-state index contributed by atoms with van der Waals surface area (Å²) in [5, 5.41) is 3.91. The van der Waals surface area contributed by atoms with Gasteiger partial charge in [-0.1, -0.05) is 11.6 Å². The maximum atomic E-state index is 12.1. The van der Waals surface area contributed by atoms with Gasteiger partial charge in [-0.3, -0.25) is 4.68 Å². The molecule has 2 heterocycles. The van der Waals surface area contributed by atoms with Gasteiger partial charge in [0.15, 0.2) is 5.82 Å². The quantitative estimate of drug-likeness (QED) is 0.800. The van der Waals surface area contributed by atoms with E-state index in [2.05, 4.69) is 19.8 Å². The number of aromatic nitrogens is 4. The number of nitrogens with one attached hydrogen (secondary N) is 1. The van der Waals surface area contributed by atoms with Gasteiger partial charge in [-0.15, -0.1) is 0 Å². The van der Waals surface area contributed by atoms with Crippen LogP contribution in [0.5, 0.6) is 0 Å². The van der Waals surface area contributed by atoms with Crippen molar-refractivity contribution in [2.45, 2.75) is 11.8 Å². The molecule has 10 heteroatoms. The van der Waals surface area contributed by atoms with Gasteiger partial charge in [0, 0.05) is 18.9 Å². The zero-order valence-electron chi connectivity index (χ0n) is 10.1. The molecular formula is C9H11ClN6O2S. The van der Waals surface area contributed by atoms with Crippen LogP contribution in [0.2, 0.25) is 5.15 Å². The normalized spacial score (nSPS) is 11.5. The third-order valence-electron chi connectivity index (χ3n) is 2.16. The molecule has 0 bridgehead atoms. The van der Waals surface area contributed by atoms with Gasteiger partial charge >= 0.3 is 0 Å². The molecule has 0 atom stereocenters. The lowest BCUT2D eigenvalue weighted by molar-refractivity contribution is 0.601. The second-order valence-electron chi connectivity index (χ2n) is 3.81. The Balaban J connectivity index is 2.39. The average molecular weight is 303 g/mol. The first-order chi connectivity index (χ1) is 8.78. The lowest BCUT2D eigenvalue weighted by atomic mass is 10.5. The first-order valence-electron chi connectivity index (χ1n) is 5.11. The van der Waals surface area contributed by atoms with E-state index in [-0.39, 0.29) is 21.8 Å². The SMILES string of the molecule is Cc1cc(Cl)nc(NS(=O)(=O)c2cn(C)nc2N)n1. The fraction of sp³-hybridized carbons (Fsp3) is 0.222. The molecule has 0 saturated carbocycles. The maximum Gasteiger partial charge on any atom is 0.269 e. The molecule has 102 valence electrons. The van der Waals surface area contributed by atoms with Crippen LogP contribution in [0, 0.1) is 6.92 Å². The molecule has 0 aliphatic heterocycles. The smallest absolute Gasteiger partial charge is 0.269 e. The van der Waals surface area contributed by atoms with E-state index in [4.69, 9.17) is 17.3 Å². The van der Waals surface area contributed by atoms with Crippen molar-refractivity contribution in [2.75, 3.05) is 10.5 Å². The molecule has 0 aliphatic rings. The largest absolute Gasteiger partial charge is 0.381 e. The highest BCUT2D eigenvalue weighted by Gasteiger charge is 2.22. The van der Waals surface area contributed by atoms with Gasteiger partial charge in [-0.25, -0.2) is 23.1 Å². The minimum atomic E-state index is -3.90. The van der Waals surface area contributed by atoms with E-state index in [0.717, 1.165) is 0 Å². The number of aryl methyl sites for hydroxylation is 2. The minimum absolute atomic E-state index is 0.103. The molecule has 2 rings (SSSR count). The van der Waals surface area contributed by atoms with Gasteiger partial charge in [-0.2, -0.15) is 5.10 Å². The summed E-state index contributed by atoms with van der Waals surface area (Å²) in [6.07, 6.45) is 1.29. The van der Waals surface area contributed by atoms with Crippen LogP contribution in [0.1, 0.15) is 5.69 Å². The number of rotatable bonds is 3. The third kappa shape index (κ3) is 2.93. The van der Waals surface area contributed by atoms with Crippen molar-refractivity contribution in [3.8, 4) is 0 Å². The number of halogens is 1. The highest BCUT2D eigenvalue weighted by Crippen LogP contribution is 2.19. The molecule has 0 aliphatic carbocycles. The van der Waals surface area contributed by atoms with Crippen LogP contribution in [0.25, 0.3) is 0 Å². The fourth-order valence-electron chi connectivity index (χ4n) is 1.44. The molecule has 0 radical (unpaired) electrons. The predicted molar refractivity (Wildman–Crippen MR) is 70.2 cm³/mol. The van der Waals surface area contributed by atoms with Gasteiger partial charge in [0.25, 0.3) is 10.0 Å². The first-order valence-corrected chi connectivity index (χ1v) is 6.97.